The Hall–Kier alpha value is -1.13. The van der Waals surface area contributed by atoms with E-state index in [-0.39, 0.29) is 5.54 Å². The molecule has 1 atom stereocenters. The Labute approximate surface area is 135 Å². The summed E-state index contributed by atoms with van der Waals surface area (Å²) in [6.45, 7) is 8.06. The van der Waals surface area contributed by atoms with Gasteiger partial charge in [-0.05, 0) is 59.3 Å². The van der Waals surface area contributed by atoms with Crippen LogP contribution in [0.2, 0.25) is 0 Å². The number of pyridine rings is 1. The minimum atomic E-state index is -0.711. The molecule has 0 bridgehead atoms. The fraction of sp³-hybridized carbons (Fsp3) is 0.722. The first kappa shape index (κ1) is 17.2. The number of β-amino-alcohol motifs (C(OH)–C–C–N with tert-alkyl or cyclic N) is 1. The number of hydrogen-bond acceptors (Lipinski definition) is 4. The minimum Gasteiger partial charge on any atom is -0.386 e. The van der Waals surface area contributed by atoms with Crippen LogP contribution in [0.3, 0.4) is 0 Å². The zero-order valence-corrected chi connectivity index (χ0v) is 14.8. The Morgan fingerprint density at radius 1 is 1.36 bits per heavy atom. The summed E-state index contributed by atoms with van der Waals surface area (Å²) in [7, 11) is 4.08. The van der Waals surface area contributed by atoms with Gasteiger partial charge in [0.05, 0.1) is 17.5 Å². The highest BCUT2D eigenvalue weighted by Gasteiger charge is 2.47. The Bertz CT molecular complexity index is 484. The van der Waals surface area contributed by atoms with Gasteiger partial charge in [-0.1, -0.05) is 13.3 Å². The molecule has 1 aromatic heterocycles. The highest BCUT2D eigenvalue weighted by atomic mass is 16.3. The van der Waals surface area contributed by atoms with Crippen LogP contribution in [0.5, 0.6) is 0 Å². The molecule has 1 aromatic rings. The van der Waals surface area contributed by atoms with E-state index in [0.717, 1.165) is 43.6 Å². The van der Waals surface area contributed by atoms with Gasteiger partial charge in [-0.25, -0.2) is 0 Å². The smallest absolute Gasteiger partial charge is 0.0999 e. The van der Waals surface area contributed by atoms with Crippen LogP contribution in [-0.2, 0) is 6.42 Å². The van der Waals surface area contributed by atoms with Crippen LogP contribution in [0.1, 0.15) is 45.7 Å². The Balaban J connectivity index is 2.16. The van der Waals surface area contributed by atoms with Crippen molar-refractivity contribution in [2.75, 3.05) is 32.1 Å². The van der Waals surface area contributed by atoms with E-state index in [0.29, 0.717) is 6.54 Å². The topological polar surface area (TPSA) is 39.6 Å². The quantitative estimate of drug-likeness (QED) is 0.908. The molecule has 22 heavy (non-hydrogen) atoms. The number of hydrogen-bond donors (Lipinski definition) is 1. The highest BCUT2D eigenvalue weighted by Crippen LogP contribution is 2.36. The van der Waals surface area contributed by atoms with Gasteiger partial charge in [-0.3, -0.25) is 4.98 Å². The molecule has 0 aromatic carbocycles. The maximum Gasteiger partial charge on any atom is 0.0999 e. The van der Waals surface area contributed by atoms with Crippen LogP contribution in [-0.4, -0.2) is 53.3 Å². The lowest BCUT2D eigenvalue weighted by Gasteiger charge is -2.52. The average Bonchev–Trinajstić information content (AvgIpc) is 2.48. The van der Waals surface area contributed by atoms with Crippen molar-refractivity contribution in [1.82, 2.24) is 9.88 Å². The first-order chi connectivity index (χ1) is 10.3. The number of piperidine rings is 1. The van der Waals surface area contributed by atoms with Gasteiger partial charge >= 0.3 is 0 Å². The summed E-state index contributed by atoms with van der Waals surface area (Å²) in [6, 6.07) is 4.26. The Morgan fingerprint density at radius 2 is 2.09 bits per heavy atom. The molecule has 1 aliphatic heterocycles. The molecule has 4 nitrogen and oxygen atoms in total. The number of aliphatic hydroxyl groups is 1. The SMILES string of the molecule is CCCc1ccc(N2CCCC(O)(C(C)(C)N(C)C)C2)cn1. The average molecular weight is 305 g/mol. The van der Waals surface area contributed by atoms with Crippen LogP contribution in [0.15, 0.2) is 18.3 Å². The molecular formula is C18H31N3O. The number of anilines is 1. The largest absolute Gasteiger partial charge is 0.386 e. The van der Waals surface area contributed by atoms with E-state index in [4.69, 9.17) is 0 Å². The second kappa shape index (κ2) is 6.55. The molecule has 1 saturated heterocycles. The molecule has 1 N–H and O–H groups in total. The van der Waals surface area contributed by atoms with Crippen LogP contribution in [0.4, 0.5) is 5.69 Å². The predicted octanol–water partition coefficient (Wildman–Crippen LogP) is 2.71. The van der Waals surface area contributed by atoms with E-state index in [1.807, 2.05) is 20.3 Å². The molecule has 4 heteroatoms. The van der Waals surface area contributed by atoms with Crippen LogP contribution in [0, 0.1) is 0 Å². The van der Waals surface area contributed by atoms with Crippen molar-refractivity contribution in [2.24, 2.45) is 0 Å². The van der Waals surface area contributed by atoms with Gasteiger partial charge in [0.25, 0.3) is 0 Å². The normalized spacial score (nSPS) is 23.1. The van der Waals surface area contributed by atoms with E-state index in [1.54, 1.807) is 0 Å². The van der Waals surface area contributed by atoms with Crippen LogP contribution in [0.25, 0.3) is 0 Å². The van der Waals surface area contributed by atoms with Crippen molar-refractivity contribution in [1.29, 1.82) is 0 Å². The zero-order chi connectivity index (χ0) is 16.4. The molecule has 0 radical (unpaired) electrons. The summed E-state index contributed by atoms with van der Waals surface area (Å²) in [5.41, 5.74) is 1.29. The van der Waals surface area contributed by atoms with Crippen LogP contribution < -0.4 is 4.90 Å². The molecular weight excluding hydrogens is 274 g/mol. The van der Waals surface area contributed by atoms with E-state index < -0.39 is 5.60 Å². The first-order valence-electron chi connectivity index (χ1n) is 8.40. The van der Waals surface area contributed by atoms with Crippen molar-refractivity contribution in [3.05, 3.63) is 24.0 Å². The first-order valence-corrected chi connectivity index (χ1v) is 8.40. The molecule has 0 aliphatic carbocycles. The summed E-state index contributed by atoms with van der Waals surface area (Å²) in [4.78, 5) is 8.95. The van der Waals surface area contributed by atoms with Gasteiger partial charge in [0.1, 0.15) is 0 Å². The lowest BCUT2D eigenvalue weighted by atomic mass is 9.76. The summed E-state index contributed by atoms with van der Waals surface area (Å²) >= 11 is 0. The minimum absolute atomic E-state index is 0.263. The van der Waals surface area contributed by atoms with Gasteiger partial charge in [0.2, 0.25) is 0 Å². The summed E-state index contributed by atoms with van der Waals surface area (Å²) in [6.07, 6.45) is 5.95. The van der Waals surface area contributed by atoms with E-state index in [2.05, 4.69) is 47.7 Å². The van der Waals surface area contributed by atoms with E-state index in [1.165, 1.54) is 0 Å². The molecule has 0 saturated carbocycles. The molecule has 1 fully saturated rings. The van der Waals surface area contributed by atoms with Crippen molar-refractivity contribution in [2.45, 2.75) is 57.6 Å². The van der Waals surface area contributed by atoms with Gasteiger partial charge in [-0.2, -0.15) is 0 Å². The molecule has 2 heterocycles. The van der Waals surface area contributed by atoms with Crippen molar-refractivity contribution in [3.8, 4) is 0 Å². The summed E-state index contributed by atoms with van der Waals surface area (Å²) < 4.78 is 0. The fourth-order valence-corrected chi connectivity index (χ4v) is 3.18. The third kappa shape index (κ3) is 3.28. The summed E-state index contributed by atoms with van der Waals surface area (Å²) in [5, 5.41) is 11.2. The van der Waals surface area contributed by atoms with Crippen molar-refractivity contribution in [3.63, 3.8) is 0 Å². The number of nitrogens with zero attached hydrogens (tertiary/aromatic N) is 3. The number of aromatic nitrogens is 1. The maximum atomic E-state index is 11.2. The van der Waals surface area contributed by atoms with Crippen LogP contribution >= 0.6 is 0 Å². The molecule has 1 unspecified atom stereocenters. The van der Waals surface area contributed by atoms with E-state index >= 15 is 0 Å². The lowest BCUT2D eigenvalue weighted by molar-refractivity contribution is -0.0882. The van der Waals surface area contributed by atoms with Crippen molar-refractivity contribution >= 4 is 5.69 Å². The van der Waals surface area contributed by atoms with Gasteiger partial charge in [0.15, 0.2) is 0 Å². The fourth-order valence-electron chi connectivity index (χ4n) is 3.18. The van der Waals surface area contributed by atoms with Gasteiger partial charge in [0, 0.05) is 24.3 Å². The molecule has 0 amide bonds. The van der Waals surface area contributed by atoms with E-state index in [9.17, 15) is 5.11 Å². The molecule has 2 rings (SSSR count). The number of rotatable bonds is 5. The monoisotopic (exact) mass is 305 g/mol. The highest BCUT2D eigenvalue weighted by molar-refractivity contribution is 5.46. The third-order valence-electron chi connectivity index (χ3n) is 5.41. The Kier molecular flexibility index (Phi) is 5.13. The maximum absolute atomic E-state index is 11.2. The van der Waals surface area contributed by atoms with Crippen molar-refractivity contribution < 1.29 is 5.11 Å². The van der Waals surface area contributed by atoms with Gasteiger partial charge in [-0.15, -0.1) is 0 Å². The Morgan fingerprint density at radius 3 is 2.64 bits per heavy atom. The molecule has 0 spiro atoms. The second-order valence-electron chi connectivity index (χ2n) is 7.27. The third-order valence-corrected chi connectivity index (χ3v) is 5.41. The van der Waals surface area contributed by atoms with Gasteiger partial charge < -0.3 is 14.9 Å². The summed E-state index contributed by atoms with van der Waals surface area (Å²) in [5.74, 6) is 0. The number of aryl methyl sites for hydroxylation is 1. The number of likely N-dealkylation sites (N-methyl/N-ethyl adjacent to an activating group) is 1. The standard InChI is InChI=1S/C18H31N3O/c1-6-8-15-9-10-16(13-19-15)21-12-7-11-18(22,14-21)17(2,3)20(4)5/h9-10,13,22H,6-8,11-12,14H2,1-5H3. The molecule has 124 valence electrons. The second-order valence-corrected chi connectivity index (χ2v) is 7.27. The molecule has 1 aliphatic rings. The predicted molar refractivity (Wildman–Crippen MR) is 92.4 cm³/mol. The lowest BCUT2D eigenvalue weighted by Crippen LogP contribution is -2.65. The zero-order valence-electron chi connectivity index (χ0n) is 14.8.